The maximum Gasteiger partial charge on any atom is 0.0962 e. The summed E-state index contributed by atoms with van der Waals surface area (Å²) < 4.78 is 0. The fourth-order valence-corrected chi connectivity index (χ4v) is 4.68. The first-order valence-electron chi connectivity index (χ1n) is 8.62. The Hall–Kier alpha value is -0.410. The van der Waals surface area contributed by atoms with E-state index in [0.29, 0.717) is 5.92 Å². The van der Waals surface area contributed by atoms with Crippen LogP contribution in [0.5, 0.6) is 0 Å². The zero-order chi connectivity index (χ0) is 15.5. The quantitative estimate of drug-likeness (QED) is 0.753. The van der Waals surface area contributed by atoms with E-state index >= 15 is 0 Å². The van der Waals surface area contributed by atoms with Crippen LogP contribution in [0.2, 0.25) is 0 Å². The van der Waals surface area contributed by atoms with Crippen molar-refractivity contribution < 1.29 is 0 Å². The molecule has 2 nitrogen and oxygen atoms in total. The van der Waals surface area contributed by atoms with E-state index in [1.165, 1.54) is 47.7 Å². The Labute approximate surface area is 134 Å². The maximum atomic E-state index is 5.10. The molecule has 1 N–H and O–H groups in total. The minimum absolute atomic E-state index is 0.151. The van der Waals surface area contributed by atoms with Gasteiger partial charge in [0.1, 0.15) is 0 Å². The van der Waals surface area contributed by atoms with Crippen LogP contribution in [-0.2, 0) is 12.0 Å². The van der Waals surface area contributed by atoms with Gasteiger partial charge < -0.3 is 5.32 Å². The molecule has 2 unspecified atom stereocenters. The molecule has 0 bridgehead atoms. The summed E-state index contributed by atoms with van der Waals surface area (Å²) in [6.07, 6.45) is 6.64. The predicted molar refractivity (Wildman–Crippen MR) is 93.2 cm³/mol. The summed E-state index contributed by atoms with van der Waals surface area (Å²) in [5, 5.41) is 4.96. The van der Waals surface area contributed by atoms with Crippen LogP contribution in [0.15, 0.2) is 0 Å². The van der Waals surface area contributed by atoms with E-state index in [-0.39, 0.29) is 5.41 Å². The summed E-state index contributed by atoms with van der Waals surface area (Å²) in [5.41, 5.74) is 1.47. The van der Waals surface area contributed by atoms with Crippen LogP contribution in [0.4, 0.5) is 0 Å². The third-order valence-corrected chi connectivity index (χ3v) is 5.64. The van der Waals surface area contributed by atoms with Gasteiger partial charge in [-0.1, -0.05) is 47.5 Å². The van der Waals surface area contributed by atoms with Gasteiger partial charge in [0.25, 0.3) is 0 Å². The molecule has 1 heterocycles. The molecule has 0 saturated heterocycles. The van der Waals surface area contributed by atoms with Crippen LogP contribution >= 0.6 is 11.3 Å². The normalized spacial score (nSPS) is 23.5. The van der Waals surface area contributed by atoms with Crippen molar-refractivity contribution in [1.29, 1.82) is 0 Å². The van der Waals surface area contributed by atoms with Gasteiger partial charge in [0.05, 0.1) is 10.7 Å². The van der Waals surface area contributed by atoms with E-state index in [1.807, 2.05) is 11.3 Å². The summed E-state index contributed by atoms with van der Waals surface area (Å²) in [7, 11) is 0. The van der Waals surface area contributed by atoms with Crippen LogP contribution < -0.4 is 5.32 Å². The van der Waals surface area contributed by atoms with Gasteiger partial charge in [-0.05, 0) is 31.7 Å². The fourth-order valence-electron chi connectivity index (χ4n) is 3.29. The highest BCUT2D eigenvalue weighted by molar-refractivity contribution is 7.11. The molecule has 0 radical (unpaired) electrons. The first kappa shape index (κ1) is 17.0. The standard InChI is InChI=1S/C18H32N2S/c1-6-10-19-12-15-16(18(3,4)5)20-17(21-15)14-9-7-8-13(2)11-14/h13-14,19H,6-12H2,1-5H3. The molecule has 120 valence electrons. The van der Waals surface area contributed by atoms with E-state index in [1.54, 1.807) is 0 Å². The third kappa shape index (κ3) is 4.53. The van der Waals surface area contributed by atoms with Crippen molar-refractivity contribution in [3.05, 3.63) is 15.6 Å². The van der Waals surface area contributed by atoms with Gasteiger partial charge in [-0.3, -0.25) is 0 Å². The molecule has 1 aliphatic carbocycles. The summed E-state index contributed by atoms with van der Waals surface area (Å²) in [4.78, 5) is 6.56. The van der Waals surface area contributed by atoms with Crippen molar-refractivity contribution in [2.24, 2.45) is 5.92 Å². The van der Waals surface area contributed by atoms with Gasteiger partial charge >= 0.3 is 0 Å². The number of aromatic nitrogens is 1. The average Bonchev–Trinajstić information content (AvgIpc) is 2.83. The van der Waals surface area contributed by atoms with Crippen LogP contribution in [0, 0.1) is 5.92 Å². The molecule has 1 aliphatic rings. The van der Waals surface area contributed by atoms with Gasteiger partial charge in [-0.15, -0.1) is 11.3 Å². The zero-order valence-electron chi connectivity index (χ0n) is 14.5. The molecular weight excluding hydrogens is 276 g/mol. The van der Waals surface area contributed by atoms with E-state index < -0.39 is 0 Å². The van der Waals surface area contributed by atoms with E-state index in [2.05, 4.69) is 39.9 Å². The second-order valence-corrected chi connectivity index (χ2v) is 8.83. The number of nitrogens with zero attached hydrogens (tertiary/aromatic N) is 1. The first-order chi connectivity index (χ1) is 9.91. The van der Waals surface area contributed by atoms with Gasteiger partial charge in [0.2, 0.25) is 0 Å². The van der Waals surface area contributed by atoms with Crippen LogP contribution in [0.1, 0.15) is 88.2 Å². The Kier molecular flexibility index (Phi) is 5.84. The Morgan fingerprint density at radius 1 is 1.29 bits per heavy atom. The van der Waals surface area contributed by atoms with E-state index in [9.17, 15) is 0 Å². The fraction of sp³-hybridized carbons (Fsp3) is 0.833. The van der Waals surface area contributed by atoms with Crippen molar-refractivity contribution in [1.82, 2.24) is 10.3 Å². The molecule has 1 saturated carbocycles. The second kappa shape index (κ2) is 7.23. The topological polar surface area (TPSA) is 24.9 Å². The maximum absolute atomic E-state index is 5.10. The lowest BCUT2D eigenvalue weighted by Crippen LogP contribution is -2.19. The zero-order valence-corrected chi connectivity index (χ0v) is 15.3. The van der Waals surface area contributed by atoms with Crippen LogP contribution in [0.3, 0.4) is 0 Å². The van der Waals surface area contributed by atoms with Gasteiger partial charge in [0, 0.05) is 22.8 Å². The van der Waals surface area contributed by atoms with Gasteiger partial charge in [-0.2, -0.15) is 0 Å². The molecular formula is C18H32N2S. The molecule has 1 aromatic rings. The van der Waals surface area contributed by atoms with Crippen molar-refractivity contribution in [2.45, 2.75) is 84.6 Å². The number of hydrogen-bond acceptors (Lipinski definition) is 3. The minimum atomic E-state index is 0.151. The molecule has 0 aliphatic heterocycles. The number of hydrogen-bond donors (Lipinski definition) is 1. The molecule has 3 heteroatoms. The van der Waals surface area contributed by atoms with Crippen LogP contribution in [0.25, 0.3) is 0 Å². The average molecular weight is 309 g/mol. The lowest BCUT2D eigenvalue weighted by Gasteiger charge is -2.25. The smallest absolute Gasteiger partial charge is 0.0962 e. The highest BCUT2D eigenvalue weighted by atomic mass is 32.1. The largest absolute Gasteiger partial charge is 0.312 e. The van der Waals surface area contributed by atoms with Crippen molar-refractivity contribution in [3.63, 3.8) is 0 Å². The second-order valence-electron chi connectivity index (χ2n) is 7.72. The summed E-state index contributed by atoms with van der Waals surface area (Å²) in [6, 6.07) is 0. The van der Waals surface area contributed by atoms with Crippen molar-refractivity contribution in [2.75, 3.05) is 6.54 Å². The summed E-state index contributed by atoms with van der Waals surface area (Å²) in [6.45, 7) is 13.6. The van der Waals surface area contributed by atoms with E-state index in [0.717, 1.165) is 19.0 Å². The Bertz CT molecular complexity index is 445. The molecule has 2 rings (SSSR count). The predicted octanol–water partition coefficient (Wildman–Crippen LogP) is 5.23. The lowest BCUT2D eigenvalue weighted by molar-refractivity contribution is 0.343. The molecule has 0 spiro atoms. The minimum Gasteiger partial charge on any atom is -0.312 e. The third-order valence-electron chi connectivity index (χ3n) is 4.42. The van der Waals surface area contributed by atoms with Crippen molar-refractivity contribution >= 4 is 11.3 Å². The molecule has 1 fully saturated rings. The molecule has 2 atom stereocenters. The molecule has 0 amide bonds. The van der Waals surface area contributed by atoms with Crippen molar-refractivity contribution in [3.8, 4) is 0 Å². The Balaban J connectivity index is 2.18. The molecule has 0 aromatic carbocycles. The Morgan fingerprint density at radius 2 is 2.05 bits per heavy atom. The number of thiazole rings is 1. The SMILES string of the molecule is CCCNCc1sc(C2CCCC(C)C2)nc1C(C)(C)C. The monoisotopic (exact) mass is 308 g/mol. The van der Waals surface area contributed by atoms with Gasteiger partial charge in [0.15, 0.2) is 0 Å². The molecule has 21 heavy (non-hydrogen) atoms. The lowest BCUT2D eigenvalue weighted by atomic mass is 9.83. The molecule has 1 aromatic heterocycles. The summed E-state index contributed by atoms with van der Waals surface area (Å²) >= 11 is 1.97. The van der Waals surface area contributed by atoms with Gasteiger partial charge in [-0.25, -0.2) is 4.98 Å². The summed E-state index contributed by atoms with van der Waals surface area (Å²) in [5.74, 6) is 1.58. The van der Waals surface area contributed by atoms with E-state index in [4.69, 9.17) is 4.98 Å². The first-order valence-corrected chi connectivity index (χ1v) is 9.44. The number of nitrogens with one attached hydrogen (secondary N) is 1. The van der Waals surface area contributed by atoms with Crippen LogP contribution in [-0.4, -0.2) is 11.5 Å². The highest BCUT2D eigenvalue weighted by Crippen LogP contribution is 2.40. The highest BCUT2D eigenvalue weighted by Gasteiger charge is 2.28. The Morgan fingerprint density at radius 3 is 2.67 bits per heavy atom. The number of rotatable bonds is 5.